The summed E-state index contributed by atoms with van der Waals surface area (Å²) in [4.78, 5) is 2.66. The molecule has 1 unspecified atom stereocenters. The van der Waals surface area contributed by atoms with Crippen molar-refractivity contribution in [2.24, 2.45) is 5.41 Å². The summed E-state index contributed by atoms with van der Waals surface area (Å²) in [6.45, 7) is 5.72. The Hall–Kier alpha value is -1.20. The van der Waals surface area contributed by atoms with Gasteiger partial charge in [0.2, 0.25) is 0 Å². The summed E-state index contributed by atoms with van der Waals surface area (Å²) in [6.07, 6.45) is 1.86. The van der Waals surface area contributed by atoms with Gasteiger partial charge < -0.3 is 15.2 Å². The predicted molar refractivity (Wildman–Crippen MR) is 95.8 cm³/mol. The van der Waals surface area contributed by atoms with Crippen LogP contribution < -0.4 is 5.32 Å². The van der Waals surface area contributed by atoms with Crippen LogP contribution in [0.3, 0.4) is 0 Å². The van der Waals surface area contributed by atoms with Crippen molar-refractivity contribution in [3.05, 3.63) is 46.8 Å². The van der Waals surface area contributed by atoms with Crippen LogP contribution in [0.4, 0.5) is 0 Å². The van der Waals surface area contributed by atoms with Gasteiger partial charge in [-0.2, -0.15) is 0 Å². The summed E-state index contributed by atoms with van der Waals surface area (Å²) in [5, 5.41) is 12.8. The smallest absolute Gasteiger partial charge is 0.0536 e. The van der Waals surface area contributed by atoms with Crippen molar-refractivity contribution in [2.45, 2.75) is 26.3 Å². The van der Waals surface area contributed by atoms with Crippen molar-refractivity contribution in [3.8, 4) is 10.4 Å². The second-order valence-electron chi connectivity index (χ2n) is 6.51. The summed E-state index contributed by atoms with van der Waals surface area (Å²) in [5.41, 5.74) is 2.69. The molecule has 0 amide bonds. The molecule has 1 aromatic heterocycles. The quantitative estimate of drug-likeness (QED) is 0.814. The molecule has 0 aliphatic carbocycles. The first-order chi connectivity index (χ1) is 11.2. The highest BCUT2D eigenvalue weighted by molar-refractivity contribution is 7.15. The van der Waals surface area contributed by atoms with E-state index in [0.29, 0.717) is 0 Å². The Labute approximate surface area is 142 Å². The van der Waals surface area contributed by atoms with Gasteiger partial charge in [-0.05, 0) is 37.5 Å². The van der Waals surface area contributed by atoms with Crippen LogP contribution in [-0.4, -0.2) is 31.5 Å². The van der Waals surface area contributed by atoms with Crippen LogP contribution in [-0.2, 0) is 11.3 Å². The average Bonchev–Trinajstić information content (AvgIpc) is 3.19. The van der Waals surface area contributed by atoms with Gasteiger partial charge in [-0.3, -0.25) is 0 Å². The fourth-order valence-corrected chi connectivity index (χ4v) is 4.09. The van der Waals surface area contributed by atoms with Gasteiger partial charge in [-0.1, -0.05) is 29.8 Å². The second-order valence-corrected chi connectivity index (χ2v) is 7.68. The van der Waals surface area contributed by atoms with Crippen molar-refractivity contribution >= 4 is 11.3 Å². The van der Waals surface area contributed by atoms with E-state index >= 15 is 0 Å². The Bertz CT molecular complexity index is 615. The number of nitrogens with one attached hydrogen (secondary N) is 1. The number of benzene rings is 1. The summed E-state index contributed by atoms with van der Waals surface area (Å²) in [7, 11) is 0. The van der Waals surface area contributed by atoms with Gasteiger partial charge in [0.05, 0.1) is 6.61 Å². The zero-order valence-electron chi connectivity index (χ0n) is 13.7. The first kappa shape index (κ1) is 16.7. The monoisotopic (exact) mass is 331 g/mol. The number of hydrogen-bond acceptors (Lipinski definition) is 4. The largest absolute Gasteiger partial charge is 0.396 e. The molecule has 2 heterocycles. The zero-order valence-corrected chi connectivity index (χ0v) is 14.5. The number of aliphatic hydroxyl groups excluding tert-OH is 1. The van der Waals surface area contributed by atoms with Crippen LogP contribution in [0.25, 0.3) is 10.4 Å². The van der Waals surface area contributed by atoms with E-state index in [1.54, 1.807) is 0 Å². The second kappa shape index (κ2) is 7.58. The number of aryl methyl sites for hydroxylation is 1. The lowest BCUT2D eigenvalue weighted by molar-refractivity contribution is 0.124. The van der Waals surface area contributed by atoms with E-state index in [1.807, 2.05) is 11.3 Å². The minimum absolute atomic E-state index is 0.117. The van der Waals surface area contributed by atoms with Crippen LogP contribution in [0.2, 0.25) is 0 Å². The van der Waals surface area contributed by atoms with E-state index in [2.05, 4.69) is 48.6 Å². The summed E-state index contributed by atoms with van der Waals surface area (Å²) < 4.78 is 5.54. The molecule has 1 aliphatic rings. The van der Waals surface area contributed by atoms with E-state index in [9.17, 15) is 5.11 Å². The molecule has 1 aromatic carbocycles. The molecule has 1 aliphatic heterocycles. The fourth-order valence-electron chi connectivity index (χ4n) is 3.11. The SMILES string of the molecule is Cc1ccc(-c2ccc(CNCC3(CCO)CCOC3)s2)cc1. The lowest BCUT2D eigenvalue weighted by Gasteiger charge is -2.26. The van der Waals surface area contributed by atoms with Crippen LogP contribution in [0, 0.1) is 12.3 Å². The molecule has 4 heteroatoms. The third-order valence-corrected chi connectivity index (χ3v) is 5.76. The molecule has 2 N–H and O–H groups in total. The Morgan fingerprint density at radius 1 is 1.22 bits per heavy atom. The molecule has 3 nitrogen and oxygen atoms in total. The highest BCUT2D eigenvalue weighted by Gasteiger charge is 2.33. The number of aliphatic hydroxyl groups is 1. The zero-order chi connectivity index (χ0) is 16.1. The Balaban J connectivity index is 1.56. The topological polar surface area (TPSA) is 41.5 Å². The maximum atomic E-state index is 9.28. The minimum atomic E-state index is 0.117. The van der Waals surface area contributed by atoms with E-state index in [1.165, 1.54) is 20.9 Å². The Morgan fingerprint density at radius 3 is 2.74 bits per heavy atom. The van der Waals surface area contributed by atoms with Crippen LogP contribution in [0.5, 0.6) is 0 Å². The van der Waals surface area contributed by atoms with Crippen molar-refractivity contribution < 1.29 is 9.84 Å². The van der Waals surface area contributed by atoms with E-state index in [-0.39, 0.29) is 12.0 Å². The first-order valence-corrected chi connectivity index (χ1v) is 9.08. The van der Waals surface area contributed by atoms with Gasteiger partial charge in [0.15, 0.2) is 0 Å². The molecule has 1 saturated heterocycles. The third kappa shape index (κ3) is 4.21. The van der Waals surface area contributed by atoms with Gasteiger partial charge in [0, 0.05) is 41.5 Å². The van der Waals surface area contributed by atoms with Gasteiger partial charge >= 0.3 is 0 Å². The summed E-state index contributed by atoms with van der Waals surface area (Å²) in [5.74, 6) is 0. The van der Waals surface area contributed by atoms with E-state index in [0.717, 1.165) is 39.1 Å². The van der Waals surface area contributed by atoms with Gasteiger partial charge in [-0.15, -0.1) is 11.3 Å². The van der Waals surface area contributed by atoms with E-state index in [4.69, 9.17) is 4.74 Å². The number of hydrogen-bond donors (Lipinski definition) is 2. The number of thiophene rings is 1. The third-order valence-electron chi connectivity index (χ3n) is 4.62. The van der Waals surface area contributed by atoms with Crippen molar-refractivity contribution in [2.75, 3.05) is 26.4 Å². The molecule has 3 rings (SSSR count). The van der Waals surface area contributed by atoms with Crippen LogP contribution in [0.15, 0.2) is 36.4 Å². The molecule has 0 spiro atoms. The van der Waals surface area contributed by atoms with Gasteiger partial charge in [-0.25, -0.2) is 0 Å². The van der Waals surface area contributed by atoms with Crippen LogP contribution in [0.1, 0.15) is 23.3 Å². The molecule has 124 valence electrons. The molecular formula is C19H25NO2S. The lowest BCUT2D eigenvalue weighted by Crippen LogP contribution is -2.35. The summed E-state index contributed by atoms with van der Waals surface area (Å²) >= 11 is 1.84. The highest BCUT2D eigenvalue weighted by atomic mass is 32.1. The molecule has 1 atom stereocenters. The maximum absolute atomic E-state index is 9.28. The average molecular weight is 331 g/mol. The van der Waals surface area contributed by atoms with Gasteiger partial charge in [0.1, 0.15) is 0 Å². The lowest BCUT2D eigenvalue weighted by atomic mass is 9.84. The molecule has 0 radical (unpaired) electrons. The molecule has 23 heavy (non-hydrogen) atoms. The minimum Gasteiger partial charge on any atom is -0.396 e. The maximum Gasteiger partial charge on any atom is 0.0536 e. The number of rotatable bonds is 7. The molecule has 0 bridgehead atoms. The van der Waals surface area contributed by atoms with Crippen molar-refractivity contribution in [3.63, 3.8) is 0 Å². The number of ether oxygens (including phenoxy) is 1. The van der Waals surface area contributed by atoms with Crippen molar-refractivity contribution in [1.82, 2.24) is 5.32 Å². The molecule has 2 aromatic rings. The highest BCUT2D eigenvalue weighted by Crippen LogP contribution is 2.32. The van der Waals surface area contributed by atoms with Crippen LogP contribution >= 0.6 is 11.3 Å². The van der Waals surface area contributed by atoms with Gasteiger partial charge in [0.25, 0.3) is 0 Å². The molecular weight excluding hydrogens is 306 g/mol. The molecule has 1 fully saturated rings. The Morgan fingerprint density at radius 2 is 2.04 bits per heavy atom. The first-order valence-electron chi connectivity index (χ1n) is 8.26. The molecule has 0 saturated carbocycles. The van der Waals surface area contributed by atoms with Crippen molar-refractivity contribution in [1.29, 1.82) is 0 Å². The standard InChI is InChI=1S/C19H25NO2S/c1-15-2-4-16(5-3-15)18-7-6-17(23-18)12-20-13-19(8-10-21)9-11-22-14-19/h2-7,20-21H,8-14H2,1H3. The fraction of sp³-hybridized carbons (Fsp3) is 0.474. The normalized spacial score (nSPS) is 21.0. The predicted octanol–water partition coefficient (Wildman–Crippen LogP) is 3.60. The van der Waals surface area contributed by atoms with E-state index < -0.39 is 0 Å². The Kier molecular flexibility index (Phi) is 5.49. The summed E-state index contributed by atoms with van der Waals surface area (Å²) in [6, 6.07) is 13.1.